The van der Waals surface area contributed by atoms with E-state index in [1.807, 2.05) is 0 Å². The summed E-state index contributed by atoms with van der Waals surface area (Å²) >= 11 is 3.37. The number of aromatic nitrogens is 2. The maximum atomic E-state index is 9.09. The molecule has 0 amide bonds. The smallest absolute Gasteiger partial charge is 0.221 e. The van der Waals surface area contributed by atoms with Gasteiger partial charge in [0, 0.05) is 18.8 Å². The first-order valence-corrected chi connectivity index (χ1v) is 6.29. The quantitative estimate of drug-likeness (QED) is 0.792. The predicted octanol–water partition coefficient (Wildman–Crippen LogP) is 2.03. The molecule has 6 heteroatoms. The van der Waals surface area contributed by atoms with Crippen LogP contribution in [-0.4, -0.2) is 27.7 Å². The molecule has 0 saturated heterocycles. The van der Waals surface area contributed by atoms with Crippen molar-refractivity contribution in [3.05, 3.63) is 10.7 Å². The van der Waals surface area contributed by atoms with Crippen LogP contribution in [0.3, 0.4) is 0 Å². The van der Waals surface area contributed by atoms with Gasteiger partial charge in [0.05, 0.1) is 4.47 Å². The summed E-state index contributed by atoms with van der Waals surface area (Å²) in [5.74, 6) is 0.887. The van der Waals surface area contributed by atoms with Crippen LogP contribution < -0.4 is 11.1 Å². The number of hydrogen-bond acceptors (Lipinski definition) is 5. The zero-order chi connectivity index (χ0) is 13.1. The van der Waals surface area contributed by atoms with Gasteiger partial charge in [-0.25, -0.2) is 4.98 Å². The van der Waals surface area contributed by atoms with Gasteiger partial charge in [-0.3, -0.25) is 0 Å². The molecule has 0 spiro atoms. The van der Waals surface area contributed by atoms with Crippen LogP contribution in [-0.2, 0) is 0 Å². The number of aliphatic hydroxyl groups is 1. The highest BCUT2D eigenvalue weighted by atomic mass is 79.9. The fourth-order valence-corrected chi connectivity index (χ4v) is 1.80. The van der Waals surface area contributed by atoms with Crippen LogP contribution in [0.4, 0.5) is 11.8 Å². The maximum absolute atomic E-state index is 9.09. The lowest BCUT2D eigenvalue weighted by Gasteiger charge is -2.31. The number of nitrogens with zero attached hydrogens (tertiary/aromatic N) is 2. The Morgan fingerprint density at radius 3 is 2.71 bits per heavy atom. The Kier molecular flexibility index (Phi) is 4.70. The second kappa shape index (κ2) is 5.64. The van der Waals surface area contributed by atoms with Crippen molar-refractivity contribution in [3.63, 3.8) is 0 Å². The summed E-state index contributed by atoms with van der Waals surface area (Å²) in [5.41, 5.74) is 5.57. The first-order valence-electron chi connectivity index (χ1n) is 5.50. The Morgan fingerprint density at radius 1 is 1.53 bits per heavy atom. The van der Waals surface area contributed by atoms with Gasteiger partial charge in [-0.15, -0.1) is 0 Å². The highest BCUT2D eigenvalue weighted by Gasteiger charge is 2.25. The lowest BCUT2D eigenvalue weighted by molar-refractivity contribution is 0.235. The van der Waals surface area contributed by atoms with Crippen molar-refractivity contribution in [2.24, 2.45) is 5.41 Å². The van der Waals surface area contributed by atoms with Crippen molar-refractivity contribution in [1.82, 2.24) is 9.97 Å². The van der Waals surface area contributed by atoms with Gasteiger partial charge < -0.3 is 16.2 Å². The first-order chi connectivity index (χ1) is 7.84. The van der Waals surface area contributed by atoms with E-state index >= 15 is 0 Å². The van der Waals surface area contributed by atoms with Gasteiger partial charge in [-0.05, 0) is 27.8 Å². The fraction of sp³-hybridized carbons (Fsp3) is 0.636. The molecule has 96 valence electrons. The van der Waals surface area contributed by atoms with Crippen LogP contribution in [0.2, 0.25) is 0 Å². The second-order valence-corrected chi connectivity index (χ2v) is 5.85. The van der Waals surface area contributed by atoms with E-state index in [4.69, 9.17) is 10.8 Å². The summed E-state index contributed by atoms with van der Waals surface area (Å²) in [5, 5.41) is 12.4. The van der Waals surface area contributed by atoms with Crippen LogP contribution in [0.15, 0.2) is 10.7 Å². The molecule has 1 atom stereocenters. The van der Waals surface area contributed by atoms with Crippen LogP contribution in [0.25, 0.3) is 0 Å². The van der Waals surface area contributed by atoms with Crippen molar-refractivity contribution >= 4 is 27.7 Å². The first kappa shape index (κ1) is 14.2. The van der Waals surface area contributed by atoms with Crippen molar-refractivity contribution < 1.29 is 5.11 Å². The lowest BCUT2D eigenvalue weighted by atomic mass is 9.85. The summed E-state index contributed by atoms with van der Waals surface area (Å²) in [4.78, 5) is 8.02. The third-order valence-corrected chi connectivity index (χ3v) is 3.12. The van der Waals surface area contributed by atoms with E-state index in [2.05, 4.69) is 52.0 Å². The minimum absolute atomic E-state index is 0.0158. The minimum Gasteiger partial charge on any atom is -0.396 e. The zero-order valence-electron chi connectivity index (χ0n) is 10.4. The molecule has 1 aromatic heterocycles. The molecule has 0 aliphatic carbocycles. The Hall–Kier alpha value is -0.880. The SMILES string of the molecule is CC(C)(C)C(CCO)Nc1nc(N)ncc1Br. The minimum atomic E-state index is 0.0158. The zero-order valence-corrected chi connectivity index (χ0v) is 12.0. The normalized spacial score (nSPS) is 13.5. The van der Waals surface area contributed by atoms with E-state index in [1.165, 1.54) is 0 Å². The van der Waals surface area contributed by atoms with E-state index < -0.39 is 0 Å². The molecule has 0 bridgehead atoms. The molecule has 0 saturated carbocycles. The Morgan fingerprint density at radius 2 is 2.18 bits per heavy atom. The molecule has 0 fully saturated rings. The third kappa shape index (κ3) is 4.12. The lowest BCUT2D eigenvalue weighted by Crippen LogP contribution is -2.35. The highest BCUT2D eigenvalue weighted by Crippen LogP contribution is 2.28. The molecular formula is C11H19BrN4O. The number of anilines is 2. The summed E-state index contributed by atoms with van der Waals surface area (Å²) in [6.07, 6.45) is 2.27. The standard InChI is InChI=1S/C11H19BrN4O/c1-11(2,3)8(4-5-17)15-9-7(12)6-14-10(13)16-9/h6,8,17H,4-5H2,1-3H3,(H3,13,14,15,16). The van der Waals surface area contributed by atoms with E-state index in [0.29, 0.717) is 12.2 Å². The molecule has 5 nitrogen and oxygen atoms in total. The summed E-state index contributed by atoms with van der Waals surface area (Å²) < 4.78 is 0.763. The maximum Gasteiger partial charge on any atom is 0.221 e. The molecule has 17 heavy (non-hydrogen) atoms. The van der Waals surface area contributed by atoms with Crippen molar-refractivity contribution in [1.29, 1.82) is 0 Å². The third-order valence-electron chi connectivity index (χ3n) is 2.54. The number of hydrogen-bond donors (Lipinski definition) is 3. The van der Waals surface area contributed by atoms with Gasteiger partial charge in [-0.1, -0.05) is 20.8 Å². The Balaban J connectivity index is 2.89. The molecule has 0 aliphatic rings. The van der Waals surface area contributed by atoms with E-state index in [0.717, 1.165) is 4.47 Å². The summed E-state index contributed by atoms with van der Waals surface area (Å²) in [6, 6.07) is 0.109. The molecular weight excluding hydrogens is 284 g/mol. The molecule has 1 aromatic rings. The highest BCUT2D eigenvalue weighted by molar-refractivity contribution is 9.10. The summed E-state index contributed by atoms with van der Waals surface area (Å²) in [7, 11) is 0. The van der Waals surface area contributed by atoms with Crippen LogP contribution >= 0.6 is 15.9 Å². The van der Waals surface area contributed by atoms with E-state index in [9.17, 15) is 0 Å². The predicted molar refractivity (Wildman–Crippen MR) is 72.7 cm³/mol. The number of nitrogens with one attached hydrogen (secondary N) is 1. The molecule has 0 radical (unpaired) electrons. The van der Waals surface area contributed by atoms with E-state index in [1.54, 1.807) is 6.20 Å². The van der Waals surface area contributed by atoms with Crippen molar-refractivity contribution in [2.45, 2.75) is 33.2 Å². The Labute approximate surface area is 110 Å². The van der Waals surface area contributed by atoms with Gasteiger partial charge in [0.25, 0.3) is 0 Å². The average Bonchev–Trinajstić information content (AvgIpc) is 2.21. The van der Waals surface area contributed by atoms with Gasteiger partial charge in [0.2, 0.25) is 5.95 Å². The van der Waals surface area contributed by atoms with Crippen LogP contribution in [0.5, 0.6) is 0 Å². The molecule has 0 aromatic carbocycles. The summed E-state index contributed by atoms with van der Waals surface area (Å²) in [6.45, 7) is 6.46. The molecule has 1 heterocycles. The van der Waals surface area contributed by atoms with Gasteiger partial charge in [0.15, 0.2) is 0 Å². The van der Waals surface area contributed by atoms with Crippen LogP contribution in [0.1, 0.15) is 27.2 Å². The average molecular weight is 303 g/mol. The number of nitrogens with two attached hydrogens (primary N) is 1. The largest absolute Gasteiger partial charge is 0.396 e. The number of halogens is 1. The van der Waals surface area contributed by atoms with Gasteiger partial charge in [-0.2, -0.15) is 4.98 Å². The number of aliphatic hydroxyl groups excluding tert-OH is 1. The Bertz CT molecular complexity index is 378. The van der Waals surface area contributed by atoms with Crippen molar-refractivity contribution in [2.75, 3.05) is 17.7 Å². The van der Waals surface area contributed by atoms with Crippen LogP contribution in [0, 0.1) is 5.41 Å². The second-order valence-electron chi connectivity index (χ2n) is 5.00. The van der Waals surface area contributed by atoms with E-state index in [-0.39, 0.29) is 24.0 Å². The fourth-order valence-electron chi connectivity index (χ4n) is 1.50. The van der Waals surface area contributed by atoms with Gasteiger partial charge >= 0.3 is 0 Å². The topological polar surface area (TPSA) is 84.1 Å². The molecule has 4 N–H and O–H groups in total. The monoisotopic (exact) mass is 302 g/mol. The number of rotatable bonds is 4. The van der Waals surface area contributed by atoms with Crippen molar-refractivity contribution in [3.8, 4) is 0 Å². The molecule has 0 aliphatic heterocycles. The number of nitrogen functional groups attached to an aromatic ring is 1. The molecule has 1 rings (SSSR count). The van der Waals surface area contributed by atoms with Gasteiger partial charge in [0.1, 0.15) is 5.82 Å². The molecule has 1 unspecified atom stereocenters.